The predicted octanol–water partition coefficient (Wildman–Crippen LogP) is 4.24. The van der Waals surface area contributed by atoms with E-state index in [1.165, 1.54) is 11.3 Å². The van der Waals surface area contributed by atoms with Gasteiger partial charge in [-0.2, -0.15) is 5.10 Å². The summed E-state index contributed by atoms with van der Waals surface area (Å²) in [5.74, 6) is 0.476. The number of nitrogen functional groups attached to an aromatic ring is 1. The third-order valence-electron chi connectivity index (χ3n) is 9.06. The molecule has 0 bridgehead atoms. The monoisotopic (exact) mass is 550 g/mol. The molecule has 7 rings (SSSR count). The van der Waals surface area contributed by atoms with Crippen LogP contribution in [0.2, 0.25) is 0 Å². The minimum absolute atomic E-state index is 0.243. The number of anilines is 1. The number of nitrogens with zero attached hydrogens (tertiary/aromatic N) is 6. The fraction of sp³-hybridized carbons (Fsp3) is 0.406. The molecule has 1 saturated heterocycles. The Kier molecular flexibility index (Phi) is 7.16. The van der Waals surface area contributed by atoms with Crippen LogP contribution in [0.1, 0.15) is 43.0 Å². The lowest BCUT2D eigenvalue weighted by Crippen LogP contribution is -2.51. The topological polar surface area (TPSA) is 112 Å². The van der Waals surface area contributed by atoms with E-state index in [1.54, 1.807) is 6.33 Å². The third kappa shape index (κ3) is 5.21. The molecule has 41 heavy (non-hydrogen) atoms. The van der Waals surface area contributed by atoms with E-state index in [-0.39, 0.29) is 6.61 Å². The van der Waals surface area contributed by atoms with Gasteiger partial charge in [0.05, 0.1) is 18.0 Å². The molecule has 4 heterocycles. The van der Waals surface area contributed by atoms with Gasteiger partial charge in [0, 0.05) is 67.3 Å². The number of aliphatic hydroxyl groups excluding tert-OH is 1. The van der Waals surface area contributed by atoms with Crippen molar-refractivity contribution in [3.05, 3.63) is 72.2 Å². The quantitative estimate of drug-likeness (QED) is 0.278. The van der Waals surface area contributed by atoms with Gasteiger partial charge in [0.15, 0.2) is 5.65 Å². The zero-order chi connectivity index (χ0) is 27.8. The molecule has 0 unspecified atom stereocenters. The van der Waals surface area contributed by atoms with Gasteiger partial charge in [-0.15, -0.1) is 0 Å². The number of aromatic amines is 1. The maximum absolute atomic E-state index is 9.25. The van der Waals surface area contributed by atoms with Crippen molar-refractivity contribution in [2.45, 2.75) is 44.2 Å². The molecule has 0 spiro atoms. The lowest BCUT2D eigenvalue weighted by atomic mass is 9.90. The lowest BCUT2D eigenvalue weighted by Gasteiger charge is -2.41. The highest BCUT2D eigenvalue weighted by atomic mass is 16.3. The maximum Gasteiger partial charge on any atom is 0.164 e. The standard InChI is InChI=1S/C32H38N8O/c33-31-29-30(23-6-11-28-24(19-23)20-25(36-28)18-22-4-2-1-3-5-22)37-40(32(29)35-21-34-31)27-9-7-26(8-10-27)39-14-12-38(13-15-39)16-17-41/h1-6,11,19-21,26-27,36,41H,7-10,12-18H2,(H2,33,34,35). The van der Waals surface area contributed by atoms with Gasteiger partial charge in [0.1, 0.15) is 17.8 Å². The van der Waals surface area contributed by atoms with Crippen LogP contribution in [0, 0.1) is 0 Å². The fourth-order valence-electron chi connectivity index (χ4n) is 6.86. The average Bonchev–Trinajstić information content (AvgIpc) is 3.60. The van der Waals surface area contributed by atoms with Crippen LogP contribution in [0.5, 0.6) is 0 Å². The fourth-order valence-corrected chi connectivity index (χ4v) is 6.86. The highest BCUT2D eigenvalue weighted by molar-refractivity contribution is 6.00. The number of β-amino-alcohol motifs (C(OH)–C–C–N with tert-alkyl or cyclic N) is 1. The summed E-state index contributed by atoms with van der Waals surface area (Å²) < 4.78 is 2.13. The molecular weight excluding hydrogens is 512 g/mol. The van der Waals surface area contributed by atoms with Crippen molar-refractivity contribution in [2.24, 2.45) is 0 Å². The maximum atomic E-state index is 9.25. The van der Waals surface area contributed by atoms with E-state index in [0.29, 0.717) is 17.9 Å². The third-order valence-corrected chi connectivity index (χ3v) is 9.06. The zero-order valence-electron chi connectivity index (χ0n) is 23.4. The number of piperazine rings is 1. The molecule has 3 aromatic heterocycles. The van der Waals surface area contributed by atoms with Crippen molar-refractivity contribution in [3.63, 3.8) is 0 Å². The van der Waals surface area contributed by atoms with E-state index in [9.17, 15) is 5.11 Å². The summed E-state index contributed by atoms with van der Waals surface area (Å²) in [5, 5.41) is 16.4. The molecule has 1 aliphatic carbocycles. The Morgan fingerprint density at radius 1 is 0.902 bits per heavy atom. The number of H-pyrrole nitrogens is 1. The van der Waals surface area contributed by atoms with Crippen LogP contribution in [-0.4, -0.2) is 85.0 Å². The van der Waals surface area contributed by atoms with E-state index >= 15 is 0 Å². The molecule has 4 N–H and O–H groups in total. The number of fused-ring (bicyclic) bond motifs is 2. The van der Waals surface area contributed by atoms with E-state index in [4.69, 9.17) is 10.8 Å². The Labute approximate surface area is 240 Å². The van der Waals surface area contributed by atoms with Crippen LogP contribution in [0.3, 0.4) is 0 Å². The summed E-state index contributed by atoms with van der Waals surface area (Å²) in [4.78, 5) is 17.6. The Bertz CT molecular complexity index is 1630. The van der Waals surface area contributed by atoms with Gasteiger partial charge in [0.2, 0.25) is 0 Å². The Hall–Kier alpha value is -3.79. The number of benzene rings is 2. The first-order valence-electron chi connectivity index (χ1n) is 14.9. The molecule has 1 saturated carbocycles. The largest absolute Gasteiger partial charge is 0.395 e. The number of nitrogens with one attached hydrogen (secondary N) is 1. The van der Waals surface area contributed by atoms with Crippen molar-refractivity contribution in [2.75, 3.05) is 45.1 Å². The summed E-state index contributed by atoms with van der Waals surface area (Å²) in [6, 6.07) is 20.1. The normalized spacial score (nSPS) is 20.7. The van der Waals surface area contributed by atoms with Crippen LogP contribution in [-0.2, 0) is 6.42 Å². The van der Waals surface area contributed by atoms with E-state index in [0.717, 1.165) is 98.0 Å². The van der Waals surface area contributed by atoms with Gasteiger partial charge >= 0.3 is 0 Å². The molecule has 2 fully saturated rings. The second-order valence-electron chi connectivity index (χ2n) is 11.6. The molecule has 9 heteroatoms. The van der Waals surface area contributed by atoms with Gasteiger partial charge in [-0.3, -0.25) is 9.80 Å². The van der Waals surface area contributed by atoms with Gasteiger partial charge in [0.25, 0.3) is 0 Å². The Morgan fingerprint density at radius 3 is 2.46 bits per heavy atom. The van der Waals surface area contributed by atoms with E-state index in [2.05, 4.69) is 78.0 Å². The van der Waals surface area contributed by atoms with Gasteiger partial charge < -0.3 is 15.8 Å². The first-order chi connectivity index (χ1) is 20.2. The van der Waals surface area contributed by atoms with Crippen molar-refractivity contribution in [3.8, 4) is 11.3 Å². The molecular formula is C32H38N8O. The minimum atomic E-state index is 0.243. The van der Waals surface area contributed by atoms with Crippen LogP contribution < -0.4 is 5.73 Å². The molecule has 5 aromatic rings. The Balaban J connectivity index is 1.13. The minimum Gasteiger partial charge on any atom is -0.395 e. The van der Waals surface area contributed by atoms with Gasteiger partial charge in [-0.25, -0.2) is 14.6 Å². The number of nitrogens with two attached hydrogens (primary N) is 1. The molecule has 0 atom stereocenters. The molecule has 2 aliphatic rings. The molecule has 9 nitrogen and oxygen atoms in total. The summed E-state index contributed by atoms with van der Waals surface area (Å²) >= 11 is 0. The van der Waals surface area contributed by atoms with Crippen LogP contribution >= 0.6 is 0 Å². The highest BCUT2D eigenvalue weighted by Crippen LogP contribution is 2.37. The molecule has 0 amide bonds. The summed E-state index contributed by atoms with van der Waals surface area (Å²) in [5.41, 5.74) is 12.8. The summed E-state index contributed by atoms with van der Waals surface area (Å²) in [7, 11) is 0. The number of rotatable bonds is 7. The average molecular weight is 551 g/mol. The first-order valence-corrected chi connectivity index (χ1v) is 14.9. The van der Waals surface area contributed by atoms with Crippen LogP contribution in [0.4, 0.5) is 5.82 Å². The predicted molar refractivity (Wildman–Crippen MR) is 163 cm³/mol. The second kappa shape index (κ2) is 11.2. The highest BCUT2D eigenvalue weighted by Gasteiger charge is 2.31. The van der Waals surface area contributed by atoms with Crippen LogP contribution in [0.25, 0.3) is 33.2 Å². The zero-order valence-corrected chi connectivity index (χ0v) is 23.4. The SMILES string of the molecule is Nc1ncnc2c1c(-c1ccc3[nH]c(Cc4ccccc4)cc3c1)nn2C1CCC(N2CCN(CCO)CC2)CC1. The van der Waals surface area contributed by atoms with Gasteiger partial charge in [-0.05, 0) is 49.4 Å². The molecule has 0 radical (unpaired) electrons. The van der Waals surface area contributed by atoms with Crippen molar-refractivity contribution in [1.29, 1.82) is 0 Å². The number of aliphatic hydroxyl groups is 1. The van der Waals surface area contributed by atoms with E-state index < -0.39 is 0 Å². The Morgan fingerprint density at radius 2 is 1.68 bits per heavy atom. The van der Waals surface area contributed by atoms with Crippen molar-refractivity contribution in [1.82, 2.24) is 34.5 Å². The number of hydrogen-bond acceptors (Lipinski definition) is 7. The van der Waals surface area contributed by atoms with E-state index in [1.807, 2.05) is 6.07 Å². The molecule has 1 aliphatic heterocycles. The number of hydrogen-bond donors (Lipinski definition) is 3. The lowest BCUT2D eigenvalue weighted by molar-refractivity contribution is 0.0629. The van der Waals surface area contributed by atoms with Gasteiger partial charge in [-0.1, -0.05) is 36.4 Å². The smallest absolute Gasteiger partial charge is 0.164 e. The second-order valence-corrected chi connectivity index (χ2v) is 11.6. The van der Waals surface area contributed by atoms with Crippen LogP contribution in [0.15, 0.2) is 60.9 Å². The number of aromatic nitrogens is 5. The van der Waals surface area contributed by atoms with Crippen molar-refractivity contribution >= 4 is 27.8 Å². The summed E-state index contributed by atoms with van der Waals surface area (Å²) in [6.45, 7) is 5.29. The van der Waals surface area contributed by atoms with Crippen molar-refractivity contribution < 1.29 is 5.11 Å². The summed E-state index contributed by atoms with van der Waals surface area (Å²) in [6.07, 6.45) is 6.87. The first kappa shape index (κ1) is 26.1. The molecule has 212 valence electrons. The molecule has 2 aromatic carbocycles.